The summed E-state index contributed by atoms with van der Waals surface area (Å²) in [5.41, 5.74) is 1.33. The molecule has 3 aromatic rings. The highest BCUT2D eigenvalue weighted by atomic mass is 19.3. The van der Waals surface area contributed by atoms with E-state index in [9.17, 15) is 18.4 Å². The van der Waals surface area contributed by atoms with Crippen LogP contribution in [0.3, 0.4) is 0 Å². The largest absolute Gasteiger partial charge is 0.348 e. The number of rotatable bonds is 5. The van der Waals surface area contributed by atoms with Crippen LogP contribution in [0, 0.1) is 0 Å². The second-order valence-electron chi connectivity index (χ2n) is 9.00. The first-order valence-electron chi connectivity index (χ1n) is 10.5. The third-order valence-corrected chi connectivity index (χ3v) is 6.04. The van der Waals surface area contributed by atoms with Crippen molar-refractivity contribution in [3.63, 3.8) is 0 Å². The number of carbonyl (C=O) groups is 2. The Balaban J connectivity index is 1.42. The fraction of sp³-hybridized carbons (Fsp3) is 0.409. The zero-order chi connectivity index (χ0) is 22.6. The molecule has 8 nitrogen and oxygen atoms in total. The predicted octanol–water partition coefficient (Wildman–Crippen LogP) is 3.36. The standard InChI is InChI=1S/C22H22F2N6O2/c1-22(2)8-14(15-10-25-16-5-6-27-30(16)18(15)22)20(31)29-12-7-13(19(23)24)17(26-9-12)21(32)28-11-3-4-11/h5-7,9-11,14,19H,3-4,8H2,1-2H3,(H,28,32)(H,29,31). The molecule has 10 heteroatoms. The molecule has 0 radical (unpaired) electrons. The van der Waals surface area contributed by atoms with Gasteiger partial charge in [0.15, 0.2) is 5.65 Å². The van der Waals surface area contributed by atoms with Gasteiger partial charge in [-0.05, 0) is 25.3 Å². The topological polar surface area (TPSA) is 101 Å². The maximum absolute atomic E-state index is 13.6. The number of carbonyl (C=O) groups excluding carboxylic acids is 2. The third-order valence-electron chi connectivity index (χ3n) is 6.04. The quantitative estimate of drug-likeness (QED) is 0.634. The lowest BCUT2D eigenvalue weighted by atomic mass is 9.88. The van der Waals surface area contributed by atoms with Crippen molar-refractivity contribution >= 4 is 23.1 Å². The molecule has 2 N–H and O–H groups in total. The Morgan fingerprint density at radius 1 is 1.22 bits per heavy atom. The first kappa shape index (κ1) is 20.5. The van der Waals surface area contributed by atoms with Crippen LogP contribution in [0.2, 0.25) is 0 Å². The van der Waals surface area contributed by atoms with Gasteiger partial charge in [-0.15, -0.1) is 0 Å². The fourth-order valence-electron chi connectivity index (χ4n) is 4.39. The molecule has 3 heterocycles. The highest BCUT2D eigenvalue weighted by Crippen LogP contribution is 2.45. The summed E-state index contributed by atoms with van der Waals surface area (Å²) in [6.07, 6.45) is 3.87. The number of nitrogens with zero attached hydrogens (tertiary/aromatic N) is 4. The van der Waals surface area contributed by atoms with Crippen LogP contribution in [-0.4, -0.2) is 37.4 Å². The zero-order valence-corrected chi connectivity index (χ0v) is 17.6. The van der Waals surface area contributed by atoms with Crippen LogP contribution in [0.1, 0.15) is 72.8 Å². The molecule has 1 fully saturated rings. The van der Waals surface area contributed by atoms with Gasteiger partial charge in [0.1, 0.15) is 5.69 Å². The van der Waals surface area contributed by atoms with E-state index in [1.54, 1.807) is 23.0 Å². The normalized spacial score (nSPS) is 19.2. The molecule has 3 aromatic heterocycles. The molecular formula is C22H22F2N6O2. The maximum Gasteiger partial charge on any atom is 0.270 e. The number of hydrogen-bond donors (Lipinski definition) is 2. The summed E-state index contributed by atoms with van der Waals surface area (Å²) < 4.78 is 29.0. The van der Waals surface area contributed by atoms with E-state index in [0.717, 1.165) is 30.2 Å². The van der Waals surface area contributed by atoms with Gasteiger partial charge < -0.3 is 10.6 Å². The van der Waals surface area contributed by atoms with E-state index in [4.69, 9.17) is 0 Å². The number of anilines is 1. The van der Waals surface area contributed by atoms with E-state index in [0.29, 0.717) is 12.1 Å². The zero-order valence-electron chi connectivity index (χ0n) is 17.6. The second-order valence-corrected chi connectivity index (χ2v) is 9.00. The van der Waals surface area contributed by atoms with Crippen LogP contribution in [0.4, 0.5) is 14.5 Å². The van der Waals surface area contributed by atoms with Crippen molar-refractivity contribution < 1.29 is 18.4 Å². The van der Waals surface area contributed by atoms with Crippen LogP contribution in [-0.2, 0) is 10.2 Å². The summed E-state index contributed by atoms with van der Waals surface area (Å²) in [5.74, 6) is -1.49. The second kappa shape index (κ2) is 7.32. The van der Waals surface area contributed by atoms with Crippen LogP contribution >= 0.6 is 0 Å². The van der Waals surface area contributed by atoms with Crippen molar-refractivity contribution in [2.75, 3.05) is 5.32 Å². The predicted molar refractivity (Wildman–Crippen MR) is 112 cm³/mol. The molecule has 0 spiro atoms. The van der Waals surface area contributed by atoms with Gasteiger partial charge in [0.25, 0.3) is 12.3 Å². The Hall–Kier alpha value is -3.43. The summed E-state index contributed by atoms with van der Waals surface area (Å²) in [6, 6.07) is 2.94. The summed E-state index contributed by atoms with van der Waals surface area (Å²) in [7, 11) is 0. The minimum atomic E-state index is -2.90. The first-order chi connectivity index (χ1) is 15.2. The minimum Gasteiger partial charge on any atom is -0.348 e. The van der Waals surface area contributed by atoms with E-state index >= 15 is 0 Å². The summed E-state index contributed by atoms with van der Waals surface area (Å²) in [5, 5.41) is 9.70. The van der Waals surface area contributed by atoms with Gasteiger partial charge in [-0.2, -0.15) is 5.10 Å². The maximum atomic E-state index is 13.6. The average Bonchev–Trinajstić information content (AvgIpc) is 3.34. The van der Waals surface area contributed by atoms with Gasteiger partial charge >= 0.3 is 0 Å². The van der Waals surface area contributed by atoms with Crippen molar-refractivity contribution in [1.82, 2.24) is 24.9 Å². The average molecular weight is 440 g/mol. The fourth-order valence-corrected chi connectivity index (χ4v) is 4.39. The molecule has 2 aliphatic rings. The molecule has 2 amide bonds. The lowest BCUT2D eigenvalue weighted by molar-refractivity contribution is -0.117. The van der Waals surface area contributed by atoms with E-state index in [1.807, 2.05) is 13.8 Å². The van der Waals surface area contributed by atoms with Crippen molar-refractivity contribution in [2.45, 2.75) is 56.9 Å². The molecule has 5 rings (SSSR count). The van der Waals surface area contributed by atoms with Crippen molar-refractivity contribution in [3.05, 3.63) is 53.2 Å². The highest BCUT2D eigenvalue weighted by molar-refractivity contribution is 5.98. The van der Waals surface area contributed by atoms with Crippen LogP contribution in [0.15, 0.2) is 30.7 Å². The first-order valence-corrected chi connectivity index (χ1v) is 10.5. The molecule has 0 saturated heterocycles. The van der Waals surface area contributed by atoms with Crippen molar-refractivity contribution in [1.29, 1.82) is 0 Å². The number of fused-ring (bicyclic) bond motifs is 3. The number of pyridine rings is 1. The number of amides is 2. The Bertz CT molecular complexity index is 1230. The van der Waals surface area contributed by atoms with Crippen LogP contribution < -0.4 is 10.6 Å². The molecule has 0 aliphatic heterocycles. The van der Waals surface area contributed by atoms with Gasteiger partial charge in [-0.25, -0.2) is 23.3 Å². The lowest BCUT2D eigenvalue weighted by Gasteiger charge is -2.19. The molecule has 0 bridgehead atoms. The van der Waals surface area contributed by atoms with E-state index in [2.05, 4.69) is 25.7 Å². The van der Waals surface area contributed by atoms with Gasteiger partial charge in [0.05, 0.1) is 35.3 Å². The highest BCUT2D eigenvalue weighted by Gasteiger charge is 2.43. The van der Waals surface area contributed by atoms with Crippen molar-refractivity contribution in [3.8, 4) is 0 Å². The minimum absolute atomic E-state index is 0.0230. The van der Waals surface area contributed by atoms with Crippen LogP contribution in [0.5, 0.6) is 0 Å². The lowest BCUT2D eigenvalue weighted by Crippen LogP contribution is -2.28. The molecule has 166 valence electrons. The molecule has 2 aliphatic carbocycles. The summed E-state index contributed by atoms with van der Waals surface area (Å²) >= 11 is 0. The summed E-state index contributed by atoms with van der Waals surface area (Å²) in [4.78, 5) is 33.7. The Kier molecular flexibility index (Phi) is 4.68. The SMILES string of the molecule is CC1(C)CC(C(=O)Nc2cnc(C(=O)NC3CC3)c(C(F)F)c2)c2cnc3ccnn3c21. The van der Waals surface area contributed by atoms with Gasteiger partial charge in [-0.3, -0.25) is 9.59 Å². The monoisotopic (exact) mass is 440 g/mol. The number of aromatic nitrogens is 4. The molecule has 1 unspecified atom stereocenters. The summed E-state index contributed by atoms with van der Waals surface area (Å²) in [6.45, 7) is 4.06. The third kappa shape index (κ3) is 3.49. The number of nitrogens with one attached hydrogen (secondary N) is 2. The van der Waals surface area contributed by atoms with E-state index in [-0.39, 0.29) is 28.7 Å². The number of halogens is 2. The molecule has 32 heavy (non-hydrogen) atoms. The van der Waals surface area contributed by atoms with Gasteiger partial charge in [0.2, 0.25) is 5.91 Å². The Morgan fingerprint density at radius 3 is 2.72 bits per heavy atom. The molecule has 1 saturated carbocycles. The van der Waals surface area contributed by atoms with E-state index < -0.39 is 23.8 Å². The number of hydrogen-bond acceptors (Lipinski definition) is 5. The van der Waals surface area contributed by atoms with Crippen LogP contribution in [0.25, 0.3) is 5.65 Å². The molecular weight excluding hydrogens is 418 g/mol. The molecule has 0 aromatic carbocycles. The molecule has 1 atom stereocenters. The number of alkyl halides is 2. The van der Waals surface area contributed by atoms with Crippen molar-refractivity contribution in [2.24, 2.45) is 0 Å². The van der Waals surface area contributed by atoms with Gasteiger partial charge in [-0.1, -0.05) is 13.8 Å². The van der Waals surface area contributed by atoms with E-state index in [1.165, 1.54) is 6.20 Å². The smallest absolute Gasteiger partial charge is 0.270 e. The van der Waals surface area contributed by atoms with Gasteiger partial charge in [0, 0.05) is 29.3 Å². The Morgan fingerprint density at radius 2 is 2.00 bits per heavy atom. The Labute approximate surface area is 182 Å².